The summed E-state index contributed by atoms with van der Waals surface area (Å²) in [6, 6.07) is 4.26. The van der Waals surface area contributed by atoms with Crippen molar-refractivity contribution in [2.24, 2.45) is 7.05 Å². The van der Waals surface area contributed by atoms with E-state index in [9.17, 15) is 4.39 Å². The Labute approximate surface area is 173 Å². The number of rotatable bonds is 8. The van der Waals surface area contributed by atoms with Gasteiger partial charge in [0.15, 0.2) is 5.82 Å². The number of hydrogen-bond donors (Lipinski definition) is 2. The lowest BCUT2D eigenvalue weighted by Gasteiger charge is -2.22. The van der Waals surface area contributed by atoms with Crippen LogP contribution in [0.5, 0.6) is 0 Å². The van der Waals surface area contributed by atoms with Gasteiger partial charge in [0.1, 0.15) is 10.8 Å². The Hall–Kier alpha value is -2.97. The minimum absolute atomic E-state index is 0.291. The number of ether oxygens (including phenoxy) is 1. The maximum absolute atomic E-state index is 14.0. The Kier molecular flexibility index (Phi) is 6.79. The number of methoxy groups -OCH3 is 1. The van der Waals surface area contributed by atoms with Crippen molar-refractivity contribution in [2.75, 3.05) is 24.4 Å². The summed E-state index contributed by atoms with van der Waals surface area (Å²) in [7, 11) is 3.40. The van der Waals surface area contributed by atoms with Crippen LogP contribution < -0.4 is 10.6 Å². The molecule has 0 aliphatic rings. The number of nitrogens with one attached hydrogen (secondary N) is 2. The molecular weight excluding hydrogens is 395 g/mol. The molecule has 3 aromatic rings. The highest BCUT2D eigenvalue weighted by molar-refractivity contribution is 6.32. The van der Waals surface area contributed by atoms with Crippen molar-refractivity contribution >= 4 is 35.1 Å². The van der Waals surface area contributed by atoms with E-state index in [1.54, 1.807) is 30.3 Å². The van der Waals surface area contributed by atoms with Gasteiger partial charge in [-0.3, -0.25) is 4.68 Å². The van der Waals surface area contributed by atoms with Gasteiger partial charge in [-0.05, 0) is 30.2 Å². The lowest BCUT2D eigenvalue weighted by molar-refractivity contribution is 0.186. The van der Waals surface area contributed by atoms with Crippen molar-refractivity contribution in [3.05, 3.63) is 64.8 Å². The van der Waals surface area contributed by atoms with E-state index in [4.69, 9.17) is 16.3 Å². The van der Waals surface area contributed by atoms with Crippen LogP contribution in [0.1, 0.15) is 24.1 Å². The van der Waals surface area contributed by atoms with E-state index < -0.39 is 0 Å². The van der Waals surface area contributed by atoms with E-state index in [2.05, 4.69) is 25.7 Å². The molecule has 2 N–H and O–H groups in total. The highest BCUT2D eigenvalue weighted by Gasteiger charge is 2.18. The fourth-order valence-corrected chi connectivity index (χ4v) is 3.01. The molecule has 152 valence electrons. The predicted octanol–water partition coefficient (Wildman–Crippen LogP) is 4.58. The van der Waals surface area contributed by atoms with Crippen LogP contribution in [0.15, 0.2) is 42.9 Å². The van der Waals surface area contributed by atoms with Gasteiger partial charge in [-0.25, -0.2) is 9.37 Å². The Bertz CT molecular complexity index is 1010. The summed E-state index contributed by atoms with van der Waals surface area (Å²) in [6.45, 7) is 2.20. The fraction of sp³-hybridized carbons (Fsp3) is 0.250. The minimum atomic E-state index is -0.374. The molecule has 1 aromatic carbocycles. The van der Waals surface area contributed by atoms with Crippen molar-refractivity contribution in [2.45, 2.75) is 13.0 Å². The van der Waals surface area contributed by atoms with Gasteiger partial charge in [-0.2, -0.15) is 10.1 Å². The third-order valence-corrected chi connectivity index (χ3v) is 4.40. The largest absolute Gasteiger partial charge is 0.382 e. The van der Waals surface area contributed by atoms with Gasteiger partial charge in [0.2, 0.25) is 5.95 Å². The number of anilines is 3. The van der Waals surface area contributed by atoms with Crippen LogP contribution in [0.4, 0.5) is 21.8 Å². The number of nitrogens with zero attached hydrogens (tertiary/aromatic N) is 4. The first-order valence-corrected chi connectivity index (χ1v) is 9.33. The molecule has 0 fully saturated rings. The molecule has 0 bridgehead atoms. The van der Waals surface area contributed by atoms with Gasteiger partial charge in [0.25, 0.3) is 0 Å². The lowest BCUT2D eigenvalue weighted by Crippen LogP contribution is -2.19. The first-order valence-electron chi connectivity index (χ1n) is 8.96. The zero-order valence-corrected chi connectivity index (χ0v) is 17.1. The summed E-state index contributed by atoms with van der Waals surface area (Å²) in [5.41, 5.74) is 2.36. The number of halogens is 2. The third kappa shape index (κ3) is 5.30. The topological polar surface area (TPSA) is 76.9 Å². The molecule has 1 atom stereocenters. The van der Waals surface area contributed by atoms with Crippen molar-refractivity contribution < 1.29 is 9.13 Å². The molecule has 0 aliphatic heterocycles. The highest BCUT2D eigenvalue weighted by atomic mass is 35.5. The number of hydrogen-bond acceptors (Lipinski definition) is 6. The fourth-order valence-electron chi connectivity index (χ4n) is 2.86. The molecule has 9 heteroatoms. The SMILES string of the molecule is C/C=C/c1ccc(F)cc1C(COC)Nc1nc(Nc2cnn(C)c2)ncc1Cl. The Morgan fingerprint density at radius 3 is 2.86 bits per heavy atom. The zero-order valence-electron chi connectivity index (χ0n) is 16.4. The summed E-state index contributed by atoms with van der Waals surface area (Å²) in [5.74, 6) is 0.434. The summed E-state index contributed by atoms with van der Waals surface area (Å²) in [4.78, 5) is 8.65. The molecular formula is C20H22ClFN6O. The Balaban J connectivity index is 1.91. The second kappa shape index (κ2) is 9.49. The van der Waals surface area contributed by atoms with Crippen molar-refractivity contribution in [1.82, 2.24) is 19.7 Å². The van der Waals surface area contributed by atoms with Crippen molar-refractivity contribution in [1.29, 1.82) is 0 Å². The van der Waals surface area contributed by atoms with E-state index in [0.717, 1.165) is 16.8 Å². The Morgan fingerprint density at radius 1 is 1.34 bits per heavy atom. The van der Waals surface area contributed by atoms with E-state index >= 15 is 0 Å². The van der Waals surface area contributed by atoms with Crippen LogP contribution in [-0.2, 0) is 11.8 Å². The van der Waals surface area contributed by atoms with E-state index in [-0.39, 0.29) is 11.9 Å². The quantitative estimate of drug-likeness (QED) is 0.559. The first kappa shape index (κ1) is 20.8. The van der Waals surface area contributed by atoms with Crippen molar-refractivity contribution in [3.63, 3.8) is 0 Å². The van der Waals surface area contributed by atoms with E-state index in [1.807, 2.05) is 26.1 Å². The number of aryl methyl sites for hydroxylation is 1. The number of aromatic nitrogens is 4. The van der Waals surface area contributed by atoms with Crippen molar-refractivity contribution in [3.8, 4) is 0 Å². The second-order valence-electron chi connectivity index (χ2n) is 6.34. The summed E-state index contributed by atoms with van der Waals surface area (Å²) in [6.07, 6.45) is 8.77. The average Bonchev–Trinajstić information content (AvgIpc) is 3.10. The number of benzene rings is 1. The maximum Gasteiger partial charge on any atom is 0.229 e. The van der Waals surface area contributed by atoms with Gasteiger partial charge >= 0.3 is 0 Å². The van der Waals surface area contributed by atoms with Crippen LogP contribution in [0, 0.1) is 5.82 Å². The maximum atomic E-state index is 14.0. The average molecular weight is 417 g/mol. The summed E-state index contributed by atoms with van der Waals surface area (Å²) >= 11 is 6.31. The van der Waals surface area contributed by atoms with Crippen LogP contribution in [0.25, 0.3) is 6.08 Å². The van der Waals surface area contributed by atoms with Gasteiger partial charge in [-0.1, -0.05) is 29.8 Å². The molecule has 0 spiro atoms. The molecule has 2 heterocycles. The minimum Gasteiger partial charge on any atom is -0.382 e. The van der Waals surface area contributed by atoms with E-state index in [1.165, 1.54) is 18.3 Å². The second-order valence-corrected chi connectivity index (χ2v) is 6.75. The number of allylic oxidation sites excluding steroid dienone is 1. The van der Waals surface area contributed by atoms with Gasteiger partial charge < -0.3 is 15.4 Å². The Morgan fingerprint density at radius 2 is 2.17 bits per heavy atom. The molecule has 0 saturated heterocycles. The molecule has 29 heavy (non-hydrogen) atoms. The molecule has 0 radical (unpaired) electrons. The van der Waals surface area contributed by atoms with E-state index in [0.29, 0.717) is 23.4 Å². The molecule has 0 aliphatic carbocycles. The van der Waals surface area contributed by atoms with Gasteiger partial charge in [0, 0.05) is 20.4 Å². The van der Waals surface area contributed by atoms with Crippen LogP contribution >= 0.6 is 11.6 Å². The molecule has 0 amide bonds. The van der Waals surface area contributed by atoms with Gasteiger partial charge in [-0.15, -0.1) is 0 Å². The van der Waals surface area contributed by atoms with Crippen LogP contribution in [0.3, 0.4) is 0 Å². The smallest absolute Gasteiger partial charge is 0.229 e. The third-order valence-electron chi connectivity index (χ3n) is 4.12. The molecule has 0 saturated carbocycles. The monoisotopic (exact) mass is 416 g/mol. The normalized spacial score (nSPS) is 12.3. The lowest BCUT2D eigenvalue weighted by atomic mass is 10.00. The first-order chi connectivity index (χ1) is 14.0. The zero-order chi connectivity index (χ0) is 20.8. The summed E-state index contributed by atoms with van der Waals surface area (Å²) < 4.78 is 21.0. The predicted molar refractivity (Wildman–Crippen MR) is 113 cm³/mol. The molecule has 3 rings (SSSR count). The van der Waals surface area contributed by atoms with Gasteiger partial charge in [0.05, 0.1) is 30.7 Å². The molecule has 7 nitrogen and oxygen atoms in total. The van der Waals surface area contributed by atoms with Crippen LogP contribution in [-0.4, -0.2) is 33.5 Å². The highest BCUT2D eigenvalue weighted by Crippen LogP contribution is 2.28. The molecule has 2 aromatic heterocycles. The van der Waals surface area contributed by atoms with Crippen LogP contribution in [0.2, 0.25) is 5.02 Å². The standard InChI is InChI=1S/C20H22ClFN6O/c1-4-5-13-6-7-14(22)8-16(13)18(12-29-3)26-19-17(21)10-23-20(27-19)25-15-9-24-28(2)11-15/h4-11,18H,12H2,1-3H3,(H2,23,25,26,27)/b5-4+. The molecule has 1 unspecified atom stereocenters. The summed E-state index contributed by atoms with van der Waals surface area (Å²) in [5, 5.41) is 10.8.